The minimum Gasteiger partial charge on any atom is -0.393 e. The molecule has 62 valence electrons. The highest BCUT2D eigenvalue weighted by atomic mass is 16.3. The quantitative estimate of drug-likeness (QED) is 0.570. The van der Waals surface area contributed by atoms with Crippen molar-refractivity contribution in [1.82, 2.24) is 0 Å². The molecule has 0 bridgehead atoms. The second kappa shape index (κ2) is 2.31. The lowest BCUT2D eigenvalue weighted by molar-refractivity contribution is -0.145. The molecule has 0 aromatic carbocycles. The van der Waals surface area contributed by atoms with E-state index in [1.165, 1.54) is 6.42 Å². The average molecular weight is 154 g/mol. The Morgan fingerprint density at radius 1 is 1.36 bits per heavy atom. The number of aliphatic hydroxyl groups excluding tert-OH is 1. The van der Waals surface area contributed by atoms with Crippen molar-refractivity contribution in [3.8, 4) is 0 Å². The van der Waals surface area contributed by atoms with Crippen molar-refractivity contribution in [3.05, 3.63) is 0 Å². The molecule has 2 aliphatic carbocycles. The van der Waals surface area contributed by atoms with E-state index in [-0.39, 0.29) is 11.5 Å². The van der Waals surface area contributed by atoms with Gasteiger partial charge in [0.25, 0.3) is 0 Å². The van der Waals surface area contributed by atoms with Gasteiger partial charge in [-0.2, -0.15) is 0 Å². The number of carbonyl (C=O) groups is 1. The lowest BCUT2D eigenvalue weighted by atomic mass is 9.58. The minimum absolute atomic E-state index is 0.0370. The van der Waals surface area contributed by atoms with E-state index in [4.69, 9.17) is 0 Å². The summed E-state index contributed by atoms with van der Waals surface area (Å²) in [6.07, 6.45) is 5.42. The molecule has 0 heterocycles. The molecule has 1 N–H and O–H groups in total. The smallest absolute Gasteiger partial charge is 0.134 e. The molecule has 0 amide bonds. The summed E-state index contributed by atoms with van der Waals surface area (Å²) in [7, 11) is 0. The lowest BCUT2D eigenvalue weighted by Gasteiger charge is -2.47. The van der Waals surface area contributed by atoms with Gasteiger partial charge in [-0.1, -0.05) is 12.8 Å². The van der Waals surface area contributed by atoms with Crippen LogP contribution in [0.15, 0.2) is 0 Å². The fourth-order valence-electron chi connectivity index (χ4n) is 2.43. The number of hydrogen-bond donors (Lipinski definition) is 1. The van der Waals surface area contributed by atoms with E-state index in [9.17, 15) is 9.90 Å². The van der Waals surface area contributed by atoms with E-state index in [2.05, 4.69) is 0 Å². The summed E-state index contributed by atoms with van der Waals surface area (Å²) < 4.78 is 0. The first-order valence-corrected chi connectivity index (χ1v) is 4.43. The van der Waals surface area contributed by atoms with E-state index in [1.807, 2.05) is 0 Å². The van der Waals surface area contributed by atoms with Crippen LogP contribution in [-0.4, -0.2) is 17.0 Å². The van der Waals surface area contributed by atoms with Crippen LogP contribution in [0.1, 0.15) is 38.5 Å². The highest BCUT2D eigenvalue weighted by Gasteiger charge is 2.49. The number of carbonyl (C=O) groups excluding carboxylic acids is 1. The molecule has 1 atom stereocenters. The Bertz CT molecular complexity index is 178. The summed E-state index contributed by atoms with van der Waals surface area (Å²) in [4.78, 5) is 10.8. The molecule has 0 aromatic rings. The summed E-state index contributed by atoms with van der Waals surface area (Å²) in [6.45, 7) is 0. The molecule has 2 saturated carbocycles. The first-order chi connectivity index (χ1) is 5.23. The SMILES string of the molecule is O=C1CC2(CCCCC2O)C1. The maximum atomic E-state index is 10.8. The Morgan fingerprint density at radius 3 is 2.64 bits per heavy atom. The van der Waals surface area contributed by atoms with Crippen LogP contribution in [0.25, 0.3) is 0 Å². The molecule has 2 heteroatoms. The Morgan fingerprint density at radius 2 is 2.09 bits per heavy atom. The number of Topliss-reactive ketones (excluding diaryl/α,β-unsaturated/α-hetero) is 1. The molecule has 2 aliphatic rings. The molecule has 0 aromatic heterocycles. The van der Waals surface area contributed by atoms with Crippen molar-refractivity contribution in [3.63, 3.8) is 0 Å². The second-order valence-electron chi connectivity index (χ2n) is 4.02. The molecule has 11 heavy (non-hydrogen) atoms. The Balaban J connectivity index is 2.05. The van der Waals surface area contributed by atoms with Gasteiger partial charge in [0.2, 0.25) is 0 Å². The molecule has 2 rings (SSSR count). The minimum atomic E-state index is -0.186. The summed E-state index contributed by atoms with van der Waals surface area (Å²) in [6, 6.07) is 0. The lowest BCUT2D eigenvalue weighted by Crippen LogP contribution is -2.48. The van der Waals surface area contributed by atoms with Crippen LogP contribution in [-0.2, 0) is 4.79 Å². The van der Waals surface area contributed by atoms with Gasteiger partial charge in [0, 0.05) is 18.3 Å². The summed E-state index contributed by atoms with van der Waals surface area (Å²) in [5, 5.41) is 9.64. The third-order valence-electron chi connectivity index (χ3n) is 3.21. The fraction of sp³-hybridized carbons (Fsp3) is 0.889. The molecule has 2 nitrogen and oxygen atoms in total. The fourth-order valence-corrected chi connectivity index (χ4v) is 2.43. The molecule has 1 spiro atoms. The molecule has 0 radical (unpaired) electrons. The monoisotopic (exact) mass is 154 g/mol. The molecule has 0 aliphatic heterocycles. The van der Waals surface area contributed by atoms with Gasteiger partial charge in [0.1, 0.15) is 5.78 Å². The first-order valence-electron chi connectivity index (χ1n) is 4.43. The highest BCUT2D eigenvalue weighted by Crippen LogP contribution is 2.49. The molecular weight excluding hydrogens is 140 g/mol. The average Bonchev–Trinajstić information content (AvgIpc) is 1.92. The van der Waals surface area contributed by atoms with E-state index in [0.717, 1.165) is 19.3 Å². The Hall–Kier alpha value is -0.370. The van der Waals surface area contributed by atoms with Crippen LogP contribution in [0, 0.1) is 5.41 Å². The molecular formula is C9H14O2. The van der Waals surface area contributed by atoms with Gasteiger partial charge >= 0.3 is 0 Å². The highest BCUT2D eigenvalue weighted by molar-refractivity contribution is 5.86. The van der Waals surface area contributed by atoms with Crippen LogP contribution in [0.5, 0.6) is 0 Å². The van der Waals surface area contributed by atoms with Crippen molar-refractivity contribution in [2.24, 2.45) is 5.41 Å². The normalized spacial score (nSPS) is 35.4. The molecule has 2 fully saturated rings. The van der Waals surface area contributed by atoms with Crippen LogP contribution in [0.4, 0.5) is 0 Å². The van der Waals surface area contributed by atoms with Crippen LogP contribution in [0.3, 0.4) is 0 Å². The Kier molecular flexibility index (Phi) is 1.53. The summed E-state index contributed by atoms with van der Waals surface area (Å²) >= 11 is 0. The zero-order valence-corrected chi connectivity index (χ0v) is 6.68. The van der Waals surface area contributed by atoms with Crippen molar-refractivity contribution < 1.29 is 9.90 Å². The van der Waals surface area contributed by atoms with Gasteiger partial charge in [0.05, 0.1) is 6.10 Å². The summed E-state index contributed by atoms with van der Waals surface area (Å²) in [5.41, 5.74) is 0.0370. The van der Waals surface area contributed by atoms with Crippen LogP contribution < -0.4 is 0 Å². The van der Waals surface area contributed by atoms with E-state index in [1.54, 1.807) is 0 Å². The predicted octanol–water partition coefficient (Wildman–Crippen LogP) is 1.27. The van der Waals surface area contributed by atoms with Crippen LogP contribution in [0.2, 0.25) is 0 Å². The molecule has 0 saturated heterocycles. The second-order valence-corrected chi connectivity index (χ2v) is 4.02. The zero-order valence-electron chi connectivity index (χ0n) is 6.68. The zero-order chi connectivity index (χ0) is 7.90. The number of rotatable bonds is 0. The van der Waals surface area contributed by atoms with E-state index in [0.29, 0.717) is 18.6 Å². The van der Waals surface area contributed by atoms with Crippen molar-refractivity contribution in [2.45, 2.75) is 44.6 Å². The van der Waals surface area contributed by atoms with Crippen molar-refractivity contribution in [1.29, 1.82) is 0 Å². The number of aliphatic hydroxyl groups is 1. The summed E-state index contributed by atoms with van der Waals surface area (Å²) in [5.74, 6) is 0.339. The first kappa shape index (κ1) is 7.29. The maximum Gasteiger partial charge on any atom is 0.134 e. The van der Waals surface area contributed by atoms with Gasteiger partial charge in [-0.3, -0.25) is 4.79 Å². The van der Waals surface area contributed by atoms with Gasteiger partial charge in [-0.05, 0) is 12.8 Å². The maximum absolute atomic E-state index is 10.8. The number of hydrogen-bond acceptors (Lipinski definition) is 2. The molecule has 1 unspecified atom stereocenters. The third kappa shape index (κ3) is 1.00. The topological polar surface area (TPSA) is 37.3 Å². The van der Waals surface area contributed by atoms with E-state index < -0.39 is 0 Å². The van der Waals surface area contributed by atoms with Crippen molar-refractivity contribution >= 4 is 5.78 Å². The Labute approximate surface area is 66.6 Å². The largest absolute Gasteiger partial charge is 0.393 e. The van der Waals surface area contributed by atoms with Gasteiger partial charge in [0.15, 0.2) is 0 Å². The third-order valence-corrected chi connectivity index (χ3v) is 3.21. The van der Waals surface area contributed by atoms with Gasteiger partial charge < -0.3 is 5.11 Å². The van der Waals surface area contributed by atoms with Gasteiger partial charge in [-0.15, -0.1) is 0 Å². The van der Waals surface area contributed by atoms with E-state index >= 15 is 0 Å². The predicted molar refractivity (Wildman–Crippen MR) is 41.1 cm³/mol. The standard InChI is InChI=1S/C9H14O2/c10-7-5-9(6-7)4-2-1-3-8(9)11/h8,11H,1-6H2. The van der Waals surface area contributed by atoms with Crippen molar-refractivity contribution in [2.75, 3.05) is 0 Å². The number of ketones is 1. The van der Waals surface area contributed by atoms with Crippen LogP contribution >= 0.6 is 0 Å². The van der Waals surface area contributed by atoms with Gasteiger partial charge in [-0.25, -0.2) is 0 Å².